The standard InChI is InChI=1S/C15H15NO/c1-11-7-9-12(10-8-11)14(16)15(17)13-5-3-2-4-6-13/h2-10,14H,16H2,1H3/t14-/m0/s1. The number of carbonyl (C=O) groups is 1. The fourth-order valence-electron chi connectivity index (χ4n) is 1.71. The fraction of sp³-hybridized carbons (Fsp3) is 0.133. The third-order valence-corrected chi connectivity index (χ3v) is 2.78. The number of hydrogen-bond donors (Lipinski definition) is 1. The van der Waals surface area contributed by atoms with Crippen molar-refractivity contribution >= 4 is 5.78 Å². The maximum Gasteiger partial charge on any atom is 0.184 e. The molecule has 86 valence electrons. The van der Waals surface area contributed by atoms with E-state index in [0.717, 1.165) is 11.1 Å². The lowest BCUT2D eigenvalue weighted by Gasteiger charge is -2.11. The molecule has 2 aromatic carbocycles. The van der Waals surface area contributed by atoms with Crippen molar-refractivity contribution in [3.8, 4) is 0 Å². The Morgan fingerprint density at radius 2 is 1.59 bits per heavy atom. The molecule has 2 aromatic rings. The maximum absolute atomic E-state index is 12.1. The lowest BCUT2D eigenvalue weighted by Crippen LogP contribution is -2.21. The van der Waals surface area contributed by atoms with E-state index in [9.17, 15) is 4.79 Å². The van der Waals surface area contributed by atoms with Gasteiger partial charge in [-0.2, -0.15) is 0 Å². The van der Waals surface area contributed by atoms with Gasteiger partial charge in [-0.05, 0) is 12.5 Å². The van der Waals surface area contributed by atoms with Crippen LogP contribution in [0.25, 0.3) is 0 Å². The number of aryl methyl sites for hydroxylation is 1. The third-order valence-electron chi connectivity index (χ3n) is 2.78. The van der Waals surface area contributed by atoms with Crippen LogP contribution in [-0.2, 0) is 0 Å². The summed E-state index contributed by atoms with van der Waals surface area (Å²) in [6, 6.07) is 16.3. The monoisotopic (exact) mass is 225 g/mol. The van der Waals surface area contributed by atoms with E-state index in [1.54, 1.807) is 12.1 Å². The topological polar surface area (TPSA) is 43.1 Å². The van der Waals surface area contributed by atoms with Crippen LogP contribution in [0.2, 0.25) is 0 Å². The highest BCUT2D eigenvalue weighted by Crippen LogP contribution is 2.16. The first-order valence-electron chi connectivity index (χ1n) is 5.60. The second-order valence-corrected chi connectivity index (χ2v) is 4.12. The number of carbonyl (C=O) groups excluding carboxylic acids is 1. The van der Waals surface area contributed by atoms with Crippen molar-refractivity contribution in [3.05, 3.63) is 71.3 Å². The SMILES string of the molecule is Cc1ccc([C@H](N)C(=O)c2ccccc2)cc1. The second-order valence-electron chi connectivity index (χ2n) is 4.12. The van der Waals surface area contributed by atoms with Gasteiger partial charge in [-0.25, -0.2) is 0 Å². The lowest BCUT2D eigenvalue weighted by atomic mass is 9.98. The summed E-state index contributed by atoms with van der Waals surface area (Å²) in [6.45, 7) is 2.01. The van der Waals surface area contributed by atoms with Crippen molar-refractivity contribution in [3.63, 3.8) is 0 Å². The van der Waals surface area contributed by atoms with Crippen LogP contribution in [-0.4, -0.2) is 5.78 Å². The Balaban J connectivity index is 2.23. The van der Waals surface area contributed by atoms with Crippen LogP contribution in [0.5, 0.6) is 0 Å². The molecule has 0 aliphatic rings. The molecule has 0 heterocycles. The Kier molecular flexibility index (Phi) is 3.35. The van der Waals surface area contributed by atoms with Crippen molar-refractivity contribution in [1.82, 2.24) is 0 Å². The molecule has 0 bridgehead atoms. The molecule has 0 radical (unpaired) electrons. The quantitative estimate of drug-likeness (QED) is 0.816. The zero-order chi connectivity index (χ0) is 12.3. The van der Waals surface area contributed by atoms with Crippen LogP contribution < -0.4 is 5.73 Å². The summed E-state index contributed by atoms with van der Waals surface area (Å²) in [5.74, 6) is -0.0468. The van der Waals surface area contributed by atoms with Crippen molar-refractivity contribution in [2.45, 2.75) is 13.0 Å². The van der Waals surface area contributed by atoms with Crippen molar-refractivity contribution in [1.29, 1.82) is 0 Å². The van der Waals surface area contributed by atoms with Crippen LogP contribution in [0, 0.1) is 6.92 Å². The molecular formula is C15H15NO. The number of ketones is 1. The summed E-state index contributed by atoms with van der Waals surface area (Å²) in [4.78, 5) is 12.1. The van der Waals surface area contributed by atoms with Gasteiger partial charge >= 0.3 is 0 Å². The molecule has 2 heteroatoms. The molecule has 0 amide bonds. The van der Waals surface area contributed by atoms with Crippen molar-refractivity contribution < 1.29 is 4.79 Å². The predicted octanol–water partition coefficient (Wildman–Crippen LogP) is 2.88. The zero-order valence-corrected chi connectivity index (χ0v) is 9.76. The van der Waals surface area contributed by atoms with Gasteiger partial charge < -0.3 is 5.73 Å². The van der Waals surface area contributed by atoms with Crippen LogP contribution >= 0.6 is 0 Å². The van der Waals surface area contributed by atoms with Crippen LogP contribution in [0.15, 0.2) is 54.6 Å². The highest BCUT2D eigenvalue weighted by Gasteiger charge is 2.16. The Hall–Kier alpha value is -1.93. The number of rotatable bonds is 3. The number of nitrogens with two attached hydrogens (primary N) is 1. The summed E-state index contributed by atoms with van der Waals surface area (Å²) in [5, 5.41) is 0. The highest BCUT2D eigenvalue weighted by molar-refractivity contribution is 6.00. The van der Waals surface area contributed by atoms with Crippen molar-refractivity contribution in [2.75, 3.05) is 0 Å². The summed E-state index contributed by atoms with van der Waals surface area (Å²) < 4.78 is 0. The molecule has 0 fully saturated rings. The first-order chi connectivity index (χ1) is 8.18. The van der Waals surface area contributed by atoms with Gasteiger partial charge in [-0.15, -0.1) is 0 Å². The van der Waals surface area contributed by atoms with E-state index in [0.29, 0.717) is 5.56 Å². The summed E-state index contributed by atoms with van der Waals surface area (Å²) in [5.41, 5.74) is 8.64. The predicted molar refractivity (Wildman–Crippen MR) is 68.9 cm³/mol. The average molecular weight is 225 g/mol. The number of hydrogen-bond acceptors (Lipinski definition) is 2. The average Bonchev–Trinajstić information content (AvgIpc) is 2.39. The van der Waals surface area contributed by atoms with E-state index < -0.39 is 6.04 Å². The molecule has 2 N–H and O–H groups in total. The first-order valence-corrected chi connectivity index (χ1v) is 5.60. The van der Waals surface area contributed by atoms with E-state index in [1.807, 2.05) is 49.4 Å². The Morgan fingerprint density at radius 1 is 1.00 bits per heavy atom. The van der Waals surface area contributed by atoms with E-state index in [2.05, 4.69) is 0 Å². The first kappa shape index (κ1) is 11.6. The minimum Gasteiger partial charge on any atom is -0.318 e. The lowest BCUT2D eigenvalue weighted by molar-refractivity contribution is 0.0961. The Labute approximate surface area is 101 Å². The Bertz CT molecular complexity index is 502. The van der Waals surface area contributed by atoms with E-state index in [4.69, 9.17) is 5.73 Å². The van der Waals surface area contributed by atoms with Crippen LogP contribution in [0.1, 0.15) is 27.5 Å². The molecule has 0 spiro atoms. The van der Waals surface area contributed by atoms with Gasteiger partial charge in [0, 0.05) is 5.56 Å². The molecule has 17 heavy (non-hydrogen) atoms. The molecule has 0 saturated carbocycles. The fourth-order valence-corrected chi connectivity index (χ4v) is 1.71. The van der Waals surface area contributed by atoms with Gasteiger partial charge in [0.15, 0.2) is 5.78 Å². The van der Waals surface area contributed by atoms with Gasteiger partial charge in [-0.3, -0.25) is 4.79 Å². The van der Waals surface area contributed by atoms with Gasteiger partial charge in [0.25, 0.3) is 0 Å². The molecule has 0 unspecified atom stereocenters. The molecule has 2 rings (SSSR count). The maximum atomic E-state index is 12.1. The van der Waals surface area contributed by atoms with Gasteiger partial charge in [-0.1, -0.05) is 60.2 Å². The zero-order valence-electron chi connectivity index (χ0n) is 9.76. The van der Waals surface area contributed by atoms with Crippen molar-refractivity contribution in [2.24, 2.45) is 5.73 Å². The molecule has 2 nitrogen and oxygen atoms in total. The molecule has 0 aliphatic heterocycles. The minimum atomic E-state index is -0.585. The third kappa shape index (κ3) is 2.60. The normalized spacial score (nSPS) is 12.1. The molecule has 0 saturated heterocycles. The molecule has 0 aliphatic carbocycles. The van der Waals surface area contributed by atoms with E-state index in [1.165, 1.54) is 0 Å². The molecule has 0 aromatic heterocycles. The number of benzene rings is 2. The van der Waals surface area contributed by atoms with Crippen LogP contribution in [0.3, 0.4) is 0 Å². The highest BCUT2D eigenvalue weighted by atomic mass is 16.1. The smallest absolute Gasteiger partial charge is 0.184 e. The summed E-state index contributed by atoms with van der Waals surface area (Å²) in [6.07, 6.45) is 0. The molecular weight excluding hydrogens is 210 g/mol. The van der Waals surface area contributed by atoms with Gasteiger partial charge in [0.1, 0.15) is 0 Å². The van der Waals surface area contributed by atoms with E-state index in [-0.39, 0.29) is 5.78 Å². The molecule has 1 atom stereocenters. The van der Waals surface area contributed by atoms with Gasteiger partial charge in [0.2, 0.25) is 0 Å². The largest absolute Gasteiger partial charge is 0.318 e. The second kappa shape index (κ2) is 4.93. The van der Waals surface area contributed by atoms with E-state index >= 15 is 0 Å². The number of Topliss-reactive ketones (excluding diaryl/α,β-unsaturated/α-hetero) is 1. The van der Waals surface area contributed by atoms with Crippen LogP contribution in [0.4, 0.5) is 0 Å². The summed E-state index contributed by atoms with van der Waals surface area (Å²) in [7, 11) is 0. The van der Waals surface area contributed by atoms with Gasteiger partial charge in [0.05, 0.1) is 6.04 Å². The Morgan fingerprint density at radius 3 is 2.18 bits per heavy atom. The minimum absolute atomic E-state index is 0.0468. The summed E-state index contributed by atoms with van der Waals surface area (Å²) >= 11 is 0.